The summed E-state index contributed by atoms with van der Waals surface area (Å²) in [7, 11) is 0. The van der Waals surface area contributed by atoms with Gasteiger partial charge in [-0.3, -0.25) is 0 Å². The van der Waals surface area contributed by atoms with E-state index in [-0.39, 0.29) is 0 Å². The second-order valence-electron chi connectivity index (χ2n) is 13.2. The van der Waals surface area contributed by atoms with Gasteiger partial charge in [0.25, 0.3) is 0 Å². The smallest absolute Gasteiger partial charge is 0.147 e. The molecule has 0 aliphatic heterocycles. The summed E-state index contributed by atoms with van der Waals surface area (Å²) in [5, 5.41) is 5.44. The maximum atomic E-state index is 6.90. The van der Waals surface area contributed by atoms with Crippen LogP contribution in [0.5, 0.6) is 0 Å². The number of aromatic nitrogens is 1. The number of fused-ring (bicyclic) bond motifs is 8. The fraction of sp³-hybridized carbons (Fsp3) is 0.0400. The van der Waals surface area contributed by atoms with Crippen molar-refractivity contribution < 1.29 is 8.83 Å². The molecule has 53 heavy (non-hydrogen) atoms. The number of para-hydroxylation sites is 1. The first-order chi connectivity index (χ1) is 26.1. The number of benzene rings is 6. The highest BCUT2D eigenvalue weighted by atomic mass is 16.3. The Morgan fingerprint density at radius 2 is 1.25 bits per heavy atom. The third-order valence-electron chi connectivity index (χ3n) is 10.2. The molecule has 254 valence electrons. The lowest BCUT2D eigenvalue weighted by Crippen LogP contribution is -1.93. The van der Waals surface area contributed by atoms with Crippen LogP contribution in [0, 0.1) is 0 Å². The number of nitrogens with zero attached hydrogens (tertiary/aromatic N) is 1. The monoisotopic (exact) mass is 683 g/mol. The molecule has 0 N–H and O–H groups in total. The number of furan rings is 2. The van der Waals surface area contributed by atoms with Crippen molar-refractivity contribution in [2.45, 2.75) is 13.8 Å². The first-order valence-electron chi connectivity index (χ1n) is 18.0. The average Bonchev–Trinajstić information content (AvgIpc) is 3.88. The van der Waals surface area contributed by atoms with Gasteiger partial charge in [0, 0.05) is 43.9 Å². The predicted octanol–water partition coefficient (Wildman–Crippen LogP) is 14.7. The first-order valence-corrected chi connectivity index (χ1v) is 18.0. The van der Waals surface area contributed by atoms with Crippen LogP contribution in [0.2, 0.25) is 0 Å². The molecule has 0 aliphatic carbocycles. The van der Waals surface area contributed by atoms with E-state index in [2.05, 4.69) is 157 Å². The molecule has 6 aromatic carbocycles. The topological polar surface area (TPSA) is 31.2 Å². The first kappa shape index (κ1) is 32.1. The van der Waals surface area contributed by atoms with Gasteiger partial charge in [0.05, 0.1) is 16.4 Å². The van der Waals surface area contributed by atoms with Gasteiger partial charge >= 0.3 is 0 Å². The Hall–Kier alpha value is -6.84. The highest BCUT2D eigenvalue weighted by Gasteiger charge is 2.27. The molecule has 0 saturated carbocycles. The Morgan fingerprint density at radius 3 is 1.94 bits per heavy atom. The summed E-state index contributed by atoms with van der Waals surface area (Å²) < 4.78 is 15.9. The second-order valence-corrected chi connectivity index (χ2v) is 13.2. The summed E-state index contributed by atoms with van der Waals surface area (Å²) in [6.07, 6.45) is 14.0. The average molecular weight is 684 g/mol. The molecular formula is C50H37NO2. The number of hydrogen-bond acceptors (Lipinski definition) is 2. The standard InChI is InChI=1S/C50H37NO2/c1-5-9-23-36(7-3)51-41-25-17-16-24-37(41)39-30-34(26-28-42(39)51)35-27-29-44-40(31-35)47-45(32-19-12-10-13-20-32)46(33-21-14-11-15-22-33)49-48(50(47)53-44)38(18-6-2)43(8-4)52-49/h5-31H,3-4H2,1-2H3/b9-5-,18-6-,36-23+. The SMILES string of the molecule is C=C/C(=C\C=C/C)n1c2ccccc2c2cc(-c3ccc4oc5c6c(/C=C\C)c(C=C)oc6c(-c6ccccc6)c(-c6ccccc6)c5c4c3)ccc21. The van der Waals surface area contributed by atoms with Gasteiger partial charge < -0.3 is 13.4 Å². The number of rotatable bonds is 8. The third kappa shape index (κ3) is 5.04. The van der Waals surface area contributed by atoms with Gasteiger partial charge in [-0.1, -0.05) is 128 Å². The molecule has 0 atom stereocenters. The highest BCUT2D eigenvalue weighted by molar-refractivity contribution is 6.27. The van der Waals surface area contributed by atoms with Gasteiger partial charge in [-0.05, 0) is 84.7 Å². The molecule has 0 bridgehead atoms. The fourth-order valence-corrected chi connectivity index (χ4v) is 7.92. The van der Waals surface area contributed by atoms with Gasteiger partial charge in [0.2, 0.25) is 0 Å². The molecule has 9 aromatic rings. The molecule has 3 heteroatoms. The Labute approximate surface area is 308 Å². The maximum absolute atomic E-state index is 6.90. The van der Waals surface area contributed by atoms with Crippen molar-refractivity contribution in [3.05, 3.63) is 176 Å². The zero-order chi connectivity index (χ0) is 36.1. The quantitative estimate of drug-likeness (QED) is 0.149. The van der Waals surface area contributed by atoms with Crippen LogP contribution in [0.3, 0.4) is 0 Å². The molecule has 0 fully saturated rings. The van der Waals surface area contributed by atoms with Crippen LogP contribution in [0.15, 0.2) is 174 Å². The van der Waals surface area contributed by atoms with Crippen LogP contribution in [0.4, 0.5) is 0 Å². The van der Waals surface area contributed by atoms with Crippen molar-refractivity contribution in [1.82, 2.24) is 4.57 Å². The number of hydrogen-bond donors (Lipinski definition) is 0. The van der Waals surface area contributed by atoms with Crippen LogP contribution in [-0.4, -0.2) is 4.57 Å². The Morgan fingerprint density at radius 1 is 0.585 bits per heavy atom. The molecule has 0 unspecified atom stereocenters. The molecule has 9 rings (SSSR count). The van der Waals surface area contributed by atoms with Crippen molar-refractivity contribution in [3.63, 3.8) is 0 Å². The molecule has 0 aliphatic rings. The molecule has 0 saturated heterocycles. The van der Waals surface area contributed by atoms with E-state index in [0.717, 1.165) is 94.3 Å². The molecular weight excluding hydrogens is 647 g/mol. The lowest BCUT2D eigenvalue weighted by molar-refractivity contribution is 0.604. The van der Waals surface area contributed by atoms with Gasteiger partial charge in [0.15, 0.2) is 0 Å². The van der Waals surface area contributed by atoms with Crippen LogP contribution in [0.1, 0.15) is 25.2 Å². The van der Waals surface area contributed by atoms with Gasteiger partial charge in [-0.2, -0.15) is 0 Å². The van der Waals surface area contributed by atoms with Gasteiger partial charge in [0.1, 0.15) is 22.5 Å². The van der Waals surface area contributed by atoms with E-state index in [0.29, 0.717) is 0 Å². The lowest BCUT2D eigenvalue weighted by atomic mass is 9.88. The summed E-state index contributed by atoms with van der Waals surface area (Å²) >= 11 is 0. The highest BCUT2D eigenvalue weighted by Crippen LogP contribution is 2.51. The van der Waals surface area contributed by atoms with Crippen LogP contribution < -0.4 is 0 Å². The van der Waals surface area contributed by atoms with E-state index in [9.17, 15) is 0 Å². The summed E-state index contributed by atoms with van der Waals surface area (Å²) in [6, 6.07) is 43.0. The Bertz CT molecular complexity index is 2980. The van der Waals surface area contributed by atoms with Gasteiger partial charge in [-0.15, -0.1) is 0 Å². The number of allylic oxidation sites excluding steroid dienone is 6. The summed E-state index contributed by atoms with van der Waals surface area (Å²) in [6.45, 7) is 12.3. The lowest BCUT2D eigenvalue weighted by Gasteiger charge is -2.14. The molecule has 3 aromatic heterocycles. The van der Waals surface area contributed by atoms with Crippen molar-refractivity contribution in [3.8, 4) is 33.4 Å². The summed E-state index contributed by atoms with van der Waals surface area (Å²) in [5.41, 5.74) is 13.2. The molecule has 0 spiro atoms. The maximum Gasteiger partial charge on any atom is 0.147 e. The van der Waals surface area contributed by atoms with E-state index in [1.165, 1.54) is 10.8 Å². The fourth-order valence-electron chi connectivity index (χ4n) is 7.92. The molecule has 0 amide bonds. The second kappa shape index (κ2) is 13.0. The van der Waals surface area contributed by atoms with Crippen LogP contribution >= 0.6 is 0 Å². The van der Waals surface area contributed by atoms with Crippen molar-refractivity contribution in [2.75, 3.05) is 0 Å². The van der Waals surface area contributed by atoms with Crippen LogP contribution in [0.25, 0.3) is 106 Å². The van der Waals surface area contributed by atoms with Crippen molar-refractivity contribution in [1.29, 1.82) is 0 Å². The third-order valence-corrected chi connectivity index (χ3v) is 10.2. The van der Waals surface area contributed by atoms with E-state index >= 15 is 0 Å². The molecule has 3 heterocycles. The minimum absolute atomic E-state index is 0.718. The largest absolute Gasteiger partial charge is 0.455 e. The molecule has 0 radical (unpaired) electrons. The Balaban J connectivity index is 1.38. The van der Waals surface area contributed by atoms with Crippen LogP contribution in [-0.2, 0) is 0 Å². The minimum Gasteiger partial charge on any atom is -0.455 e. The zero-order valence-electron chi connectivity index (χ0n) is 29.8. The van der Waals surface area contributed by atoms with Gasteiger partial charge in [-0.25, -0.2) is 0 Å². The summed E-state index contributed by atoms with van der Waals surface area (Å²) in [5.74, 6) is 0.718. The minimum atomic E-state index is 0.718. The van der Waals surface area contributed by atoms with E-state index in [4.69, 9.17) is 8.83 Å². The van der Waals surface area contributed by atoms with Crippen molar-refractivity contribution in [2.24, 2.45) is 0 Å². The van der Waals surface area contributed by atoms with E-state index in [1.807, 2.05) is 32.1 Å². The van der Waals surface area contributed by atoms with E-state index < -0.39 is 0 Å². The normalized spacial score (nSPS) is 12.5. The van der Waals surface area contributed by atoms with Crippen molar-refractivity contribution >= 4 is 72.6 Å². The predicted molar refractivity (Wildman–Crippen MR) is 227 cm³/mol. The zero-order valence-corrected chi connectivity index (χ0v) is 29.8. The Kier molecular flexibility index (Phi) is 7.90. The summed E-state index contributed by atoms with van der Waals surface area (Å²) in [4.78, 5) is 0. The van der Waals surface area contributed by atoms with E-state index in [1.54, 1.807) is 6.08 Å². The molecule has 3 nitrogen and oxygen atoms in total.